The Morgan fingerprint density at radius 1 is 1.29 bits per heavy atom. The van der Waals surface area contributed by atoms with Crippen LogP contribution in [0.25, 0.3) is 0 Å². The number of aryl methyl sites for hydroxylation is 1. The Bertz CT molecular complexity index is 568. The lowest BCUT2D eigenvalue weighted by molar-refractivity contribution is 0.416. The van der Waals surface area contributed by atoms with Crippen molar-refractivity contribution < 1.29 is 4.74 Å². The standard InChI is InChI=1S/C16H23N3OS/c1-4-8-17-9-7-13-11-21-16(18-13)19-14-10-12(2)5-6-15(14)20-3/h5-6,10-11,17H,4,7-9H2,1-3H3,(H,18,19). The first-order valence-electron chi connectivity index (χ1n) is 7.29. The van der Waals surface area contributed by atoms with Crippen LogP contribution in [-0.2, 0) is 6.42 Å². The lowest BCUT2D eigenvalue weighted by Gasteiger charge is -2.09. The van der Waals surface area contributed by atoms with Crippen LogP contribution < -0.4 is 15.4 Å². The zero-order valence-electron chi connectivity index (χ0n) is 12.9. The van der Waals surface area contributed by atoms with Crippen molar-refractivity contribution in [2.45, 2.75) is 26.7 Å². The molecule has 1 heterocycles. The summed E-state index contributed by atoms with van der Waals surface area (Å²) in [5.41, 5.74) is 3.28. The molecule has 0 radical (unpaired) electrons. The molecule has 2 rings (SSSR count). The van der Waals surface area contributed by atoms with Crippen LogP contribution in [0, 0.1) is 6.92 Å². The average Bonchev–Trinajstić information content (AvgIpc) is 2.91. The van der Waals surface area contributed by atoms with E-state index in [1.165, 1.54) is 5.56 Å². The zero-order chi connectivity index (χ0) is 15.1. The van der Waals surface area contributed by atoms with Crippen molar-refractivity contribution in [2.24, 2.45) is 0 Å². The molecule has 2 aromatic rings. The maximum absolute atomic E-state index is 5.38. The van der Waals surface area contributed by atoms with Crippen molar-refractivity contribution in [3.05, 3.63) is 34.8 Å². The molecule has 0 fully saturated rings. The van der Waals surface area contributed by atoms with E-state index >= 15 is 0 Å². The number of aromatic nitrogens is 1. The molecule has 0 amide bonds. The maximum atomic E-state index is 5.38. The van der Waals surface area contributed by atoms with E-state index in [2.05, 4.69) is 40.9 Å². The summed E-state index contributed by atoms with van der Waals surface area (Å²) in [5.74, 6) is 0.835. The molecule has 0 atom stereocenters. The van der Waals surface area contributed by atoms with Crippen LogP contribution in [-0.4, -0.2) is 25.2 Å². The minimum absolute atomic E-state index is 0.835. The van der Waals surface area contributed by atoms with Crippen LogP contribution in [0.15, 0.2) is 23.6 Å². The highest BCUT2D eigenvalue weighted by Gasteiger charge is 2.07. The van der Waals surface area contributed by atoms with Gasteiger partial charge in [-0.05, 0) is 37.6 Å². The molecule has 21 heavy (non-hydrogen) atoms. The Balaban J connectivity index is 1.97. The van der Waals surface area contributed by atoms with Gasteiger partial charge in [0.15, 0.2) is 5.13 Å². The van der Waals surface area contributed by atoms with Gasteiger partial charge in [-0.15, -0.1) is 11.3 Å². The van der Waals surface area contributed by atoms with E-state index in [9.17, 15) is 0 Å². The third-order valence-corrected chi connectivity index (χ3v) is 3.94. The van der Waals surface area contributed by atoms with Crippen molar-refractivity contribution >= 4 is 22.2 Å². The van der Waals surface area contributed by atoms with Gasteiger partial charge >= 0.3 is 0 Å². The average molecular weight is 305 g/mol. The summed E-state index contributed by atoms with van der Waals surface area (Å²) in [5, 5.41) is 9.76. The SMILES string of the molecule is CCCNCCc1csc(Nc2cc(C)ccc2OC)n1. The van der Waals surface area contributed by atoms with Gasteiger partial charge in [0, 0.05) is 18.3 Å². The largest absolute Gasteiger partial charge is 0.495 e. The molecule has 0 saturated carbocycles. The molecule has 114 valence electrons. The van der Waals surface area contributed by atoms with Gasteiger partial charge in [-0.25, -0.2) is 4.98 Å². The number of ether oxygens (including phenoxy) is 1. The predicted molar refractivity (Wildman–Crippen MR) is 90.0 cm³/mol. The molecule has 0 aliphatic heterocycles. The fourth-order valence-electron chi connectivity index (χ4n) is 2.03. The lowest BCUT2D eigenvalue weighted by atomic mass is 10.2. The van der Waals surface area contributed by atoms with Gasteiger partial charge in [-0.1, -0.05) is 13.0 Å². The Hall–Kier alpha value is -1.59. The molecule has 1 aromatic heterocycles. The van der Waals surface area contributed by atoms with Crippen LogP contribution in [0.3, 0.4) is 0 Å². The van der Waals surface area contributed by atoms with Crippen LogP contribution >= 0.6 is 11.3 Å². The predicted octanol–water partition coefficient (Wildman–Crippen LogP) is 3.75. The summed E-state index contributed by atoms with van der Waals surface area (Å²) in [6, 6.07) is 6.08. The third kappa shape index (κ3) is 4.72. The van der Waals surface area contributed by atoms with Crippen molar-refractivity contribution in [3.8, 4) is 5.75 Å². The second-order valence-corrected chi connectivity index (χ2v) is 5.83. The van der Waals surface area contributed by atoms with Crippen molar-refractivity contribution in [1.82, 2.24) is 10.3 Å². The van der Waals surface area contributed by atoms with E-state index < -0.39 is 0 Å². The molecule has 0 spiro atoms. The highest BCUT2D eigenvalue weighted by atomic mass is 32.1. The first-order valence-corrected chi connectivity index (χ1v) is 8.17. The fourth-order valence-corrected chi connectivity index (χ4v) is 2.79. The quantitative estimate of drug-likeness (QED) is 0.729. The number of rotatable bonds is 8. The van der Waals surface area contributed by atoms with Gasteiger partial charge in [0.25, 0.3) is 0 Å². The highest BCUT2D eigenvalue weighted by Crippen LogP contribution is 2.29. The Morgan fingerprint density at radius 2 is 2.14 bits per heavy atom. The number of thiazole rings is 1. The molecule has 2 N–H and O–H groups in total. The van der Waals surface area contributed by atoms with Gasteiger partial charge in [-0.2, -0.15) is 0 Å². The second kappa shape index (κ2) is 8.00. The third-order valence-electron chi connectivity index (χ3n) is 3.13. The lowest BCUT2D eigenvalue weighted by Crippen LogP contribution is -2.17. The van der Waals surface area contributed by atoms with E-state index in [1.807, 2.05) is 12.1 Å². The van der Waals surface area contributed by atoms with Gasteiger partial charge in [0.2, 0.25) is 0 Å². The van der Waals surface area contributed by atoms with Gasteiger partial charge in [0.1, 0.15) is 5.75 Å². The number of hydrogen-bond donors (Lipinski definition) is 2. The molecular weight excluding hydrogens is 282 g/mol. The molecule has 0 saturated heterocycles. The number of benzene rings is 1. The van der Waals surface area contributed by atoms with Crippen molar-refractivity contribution in [3.63, 3.8) is 0 Å². The molecule has 0 aliphatic carbocycles. The van der Waals surface area contributed by atoms with E-state index in [-0.39, 0.29) is 0 Å². The van der Waals surface area contributed by atoms with Crippen LogP contribution in [0.5, 0.6) is 5.75 Å². The molecular formula is C16H23N3OS. The number of nitrogens with one attached hydrogen (secondary N) is 2. The second-order valence-electron chi connectivity index (χ2n) is 4.97. The van der Waals surface area contributed by atoms with Crippen LogP contribution in [0.2, 0.25) is 0 Å². The number of methoxy groups -OCH3 is 1. The Morgan fingerprint density at radius 3 is 2.90 bits per heavy atom. The Labute approximate surface area is 130 Å². The molecule has 0 bridgehead atoms. The number of nitrogens with zero attached hydrogens (tertiary/aromatic N) is 1. The fraction of sp³-hybridized carbons (Fsp3) is 0.438. The Kier molecular flexibility index (Phi) is 6.02. The molecule has 5 heteroatoms. The summed E-state index contributed by atoms with van der Waals surface area (Å²) in [7, 11) is 1.68. The number of anilines is 2. The maximum Gasteiger partial charge on any atom is 0.187 e. The summed E-state index contributed by atoms with van der Waals surface area (Å²) in [4.78, 5) is 4.62. The molecule has 0 unspecified atom stereocenters. The first kappa shape index (κ1) is 15.8. The van der Waals surface area contributed by atoms with E-state index in [0.717, 1.165) is 48.2 Å². The molecule has 4 nitrogen and oxygen atoms in total. The first-order chi connectivity index (χ1) is 10.2. The van der Waals surface area contributed by atoms with Crippen LogP contribution in [0.1, 0.15) is 24.6 Å². The topological polar surface area (TPSA) is 46.2 Å². The molecule has 1 aromatic carbocycles. The number of hydrogen-bond acceptors (Lipinski definition) is 5. The van der Waals surface area contributed by atoms with Gasteiger partial charge in [-0.3, -0.25) is 0 Å². The summed E-state index contributed by atoms with van der Waals surface area (Å²) in [6.07, 6.45) is 2.13. The zero-order valence-corrected chi connectivity index (χ0v) is 13.7. The monoisotopic (exact) mass is 305 g/mol. The summed E-state index contributed by atoms with van der Waals surface area (Å²) < 4.78 is 5.38. The van der Waals surface area contributed by atoms with Crippen LogP contribution in [0.4, 0.5) is 10.8 Å². The van der Waals surface area contributed by atoms with E-state index in [1.54, 1.807) is 18.4 Å². The van der Waals surface area contributed by atoms with Gasteiger partial charge in [0.05, 0.1) is 18.5 Å². The van der Waals surface area contributed by atoms with Crippen molar-refractivity contribution in [1.29, 1.82) is 0 Å². The smallest absolute Gasteiger partial charge is 0.187 e. The molecule has 0 aliphatic rings. The van der Waals surface area contributed by atoms with Gasteiger partial charge < -0.3 is 15.4 Å². The summed E-state index contributed by atoms with van der Waals surface area (Å²) >= 11 is 1.63. The van der Waals surface area contributed by atoms with Crippen molar-refractivity contribution in [2.75, 3.05) is 25.5 Å². The minimum Gasteiger partial charge on any atom is -0.495 e. The minimum atomic E-state index is 0.835. The van der Waals surface area contributed by atoms with E-state index in [4.69, 9.17) is 4.74 Å². The summed E-state index contributed by atoms with van der Waals surface area (Å²) in [6.45, 7) is 6.28. The van der Waals surface area contributed by atoms with E-state index in [0.29, 0.717) is 0 Å². The highest BCUT2D eigenvalue weighted by molar-refractivity contribution is 7.13. The normalized spacial score (nSPS) is 10.6.